The molecule has 0 saturated carbocycles. The molecule has 0 spiro atoms. The highest BCUT2D eigenvalue weighted by Gasteiger charge is 2.02. The summed E-state index contributed by atoms with van der Waals surface area (Å²) in [6, 6.07) is 1.52. The number of anilines is 1. The van der Waals surface area contributed by atoms with Crippen molar-refractivity contribution in [2.75, 3.05) is 40.0 Å². The normalized spacial score (nSPS) is 10.4. The molecule has 6 heteroatoms. The second kappa shape index (κ2) is 6.15. The Morgan fingerprint density at radius 1 is 1.53 bits per heavy atom. The molecule has 0 fully saturated rings. The molecule has 6 nitrogen and oxygen atoms in total. The average molecular weight is 215 g/mol. The molecule has 15 heavy (non-hydrogen) atoms. The minimum absolute atomic E-state index is 0.281. The summed E-state index contributed by atoms with van der Waals surface area (Å²) in [5, 5.41) is 8.39. The maximum absolute atomic E-state index is 10.2. The van der Waals surface area contributed by atoms with Crippen LogP contribution in [0.4, 0.5) is 5.82 Å². The molecule has 0 saturated heterocycles. The summed E-state index contributed by atoms with van der Waals surface area (Å²) < 4.78 is 0.844. The Bertz CT molecular complexity index is 329. The van der Waals surface area contributed by atoms with E-state index in [0.29, 0.717) is 5.82 Å². The summed E-state index contributed by atoms with van der Waals surface area (Å²) in [4.78, 5) is 15.9. The number of quaternary nitrogens is 1. The number of rotatable bonds is 2. The van der Waals surface area contributed by atoms with Crippen molar-refractivity contribution in [1.82, 2.24) is 9.97 Å². The van der Waals surface area contributed by atoms with E-state index in [4.69, 9.17) is 10.8 Å². The molecule has 0 amide bonds. The number of aromatic nitrogens is 2. The van der Waals surface area contributed by atoms with Gasteiger partial charge < -0.3 is 15.3 Å². The van der Waals surface area contributed by atoms with Gasteiger partial charge in [0.15, 0.2) is 0 Å². The molecular weight excluding hydrogens is 196 g/mol. The number of aromatic amines is 1. The van der Waals surface area contributed by atoms with E-state index in [0.717, 1.165) is 11.0 Å². The van der Waals surface area contributed by atoms with Crippen LogP contribution in [0.2, 0.25) is 0 Å². The van der Waals surface area contributed by atoms with E-state index in [1.807, 2.05) is 0 Å². The van der Waals surface area contributed by atoms with Crippen molar-refractivity contribution in [1.29, 1.82) is 0 Å². The minimum Gasteiger partial charge on any atom is -0.391 e. The van der Waals surface area contributed by atoms with E-state index < -0.39 is 5.69 Å². The van der Waals surface area contributed by atoms with E-state index in [-0.39, 0.29) is 6.61 Å². The van der Waals surface area contributed by atoms with Gasteiger partial charge in [0.2, 0.25) is 0 Å². The van der Waals surface area contributed by atoms with Gasteiger partial charge in [-0.1, -0.05) is 0 Å². The molecule has 0 atom stereocenters. The van der Waals surface area contributed by atoms with Gasteiger partial charge >= 0.3 is 5.69 Å². The summed E-state index contributed by atoms with van der Waals surface area (Å²) in [5.41, 5.74) is 4.75. The Morgan fingerprint density at radius 2 is 2.13 bits per heavy atom. The Kier molecular flexibility index (Phi) is 5.58. The molecule has 0 radical (unpaired) electrons. The fourth-order valence-corrected chi connectivity index (χ4v) is 0.683. The highest BCUT2D eigenvalue weighted by Crippen LogP contribution is 1.84. The molecule has 0 aliphatic heterocycles. The second-order valence-electron chi connectivity index (χ2n) is 4.07. The summed E-state index contributed by atoms with van der Waals surface area (Å²) >= 11 is 0. The quantitative estimate of drug-likeness (QED) is 0.554. The number of aliphatic hydroxyl groups is 1. The third-order valence-corrected chi connectivity index (χ3v) is 1.47. The van der Waals surface area contributed by atoms with Crippen LogP contribution >= 0.6 is 0 Å². The van der Waals surface area contributed by atoms with Crippen LogP contribution in [0.5, 0.6) is 0 Å². The minimum atomic E-state index is -0.412. The standard InChI is InChI=1S/C5H14NO.C4H5N3O/c1-6(2,3)4-5-7;5-3-1-2-6-4(8)7-3/h7H,4-5H2,1-3H3;1-2H,(H3,5,6,7,8)/q+1;. The zero-order chi connectivity index (χ0) is 11.9. The number of likely N-dealkylation sites (N-methyl/N-ethyl adjacent to an activating group) is 1. The van der Waals surface area contributed by atoms with Gasteiger partial charge in [-0.25, -0.2) is 9.78 Å². The first-order valence-corrected chi connectivity index (χ1v) is 4.57. The molecule has 0 bridgehead atoms. The summed E-state index contributed by atoms with van der Waals surface area (Å²) in [7, 11) is 6.16. The Balaban J connectivity index is 0.000000265. The Hall–Kier alpha value is -1.40. The SMILES string of the molecule is C[N+](C)(C)CCO.Nc1ccnc(=O)[nH]1. The third kappa shape index (κ3) is 8.92. The predicted molar refractivity (Wildman–Crippen MR) is 59.3 cm³/mol. The lowest BCUT2D eigenvalue weighted by Gasteiger charge is -2.21. The Morgan fingerprint density at radius 3 is 2.33 bits per heavy atom. The number of hydrogen-bond acceptors (Lipinski definition) is 4. The Labute approximate surface area is 89.0 Å². The zero-order valence-corrected chi connectivity index (χ0v) is 9.40. The molecule has 0 aliphatic carbocycles. The number of nitrogen functional groups attached to an aromatic ring is 1. The fourth-order valence-electron chi connectivity index (χ4n) is 0.683. The van der Waals surface area contributed by atoms with Gasteiger partial charge in [-0.15, -0.1) is 0 Å². The van der Waals surface area contributed by atoms with Gasteiger partial charge in [-0.2, -0.15) is 0 Å². The largest absolute Gasteiger partial charge is 0.391 e. The van der Waals surface area contributed by atoms with Crippen LogP contribution in [0.25, 0.3) is 0 Å². The van der Waals surface area contributed by atoms with Gasteiger partial charge in [0.1, 0.15) is 12.4 Å². The van der Waals surface area contributed by atoms with Crippen molar-refractivity contribution in [3.05, 3.63) is 22.7 Å². The van der Waals surface area contributed by atoms with Crippen LogP contribution in [0, 0.1) is 0 Å². The van der Waals surface area contributed by atoms with Crippen molar-refractivity contribution < 1.29 is 9.59 Å². The number of nitrogens with one attached hydrogen (secondary N) is 1. The summed E-state index contributed by atoms with van der Waals surface area (Å²) in [6.45, 7) is 1.11. The highest BCUT2D eigenvalue weighted by atomic mass is 16.3. The first-order valence-electron chi connectivity index (χ1n) is 4.57. The van der Waals surface area contributed by atoms with Gasteiger partial charge in [-0.3, -0.25) is 4.98 Å². The summed E-state index contributed by atoms with van der Waals surface area (Å²) in [6.07, 6.45) is 1.36. The number of aliphatic hydroxyl groups excluding tert-OH is 1. The van der Waals surface area contributed by atoms with Crippen molar-refractivity contribution in [3.8, 4) is 0 Å². The van der Waals surface area contributed by atoms with Crippen molar-refractivity contribution in [3.63, 3.8) is 0 Å². The topological polar surface area (TPSA) is 92.0 Å². The lowest BCUT2D eigenvalue weighted by molar-refractivity contribution is -0.870. The lowest BCUT2D eigenvalue weighted by atomic mass is 10.5. The molecule has 1 rings (SSSR count). The molecule has 0 aromatic carbocycles. The van der Waals surface area contributed by atoms with Crippen LogP contribution in [0.1, 0.15) is 0 Å². The maximum Gasteiger partial charge on any atom is 0.346 e. The van der Waals surface area contributed by atoms with Crippen molar-refractivity contribution >= 4 is 5.82 Å². The first-order chi connectivity index (χ1) is 6.85. The van der Waals surface area contributed by atoms with E-state index in [1.165, 1.54) is 12.3 Å². The third-order valence-electron chi connectivity index (χ3n) is 1.47. The molecule has 1 aromatic heterocycles. The second-order valence-corrected chi connectivity index (χ2v) is 4.07. The van der Waals surface area contributed by atoms with Crippen LogP contribution < -0.4 is 11.4 Å². The smallest absolute Gasteiger partial charge is 0.346 e. The van der Waals surface area contributed by atoms with Crippen molar-refractivity contribution in [2.24, 2.45) is 0 Å². The molecule has 4 N–H and O–H groups in total. The molecular formula is C9H19N4O2+. The number of H-pyrrole nitrogens is 1. The molecule has 0 aliphatic rings. The lowest BCUT2D eigenvalue weighted by Crippen LogP contribution is -2.36. The van der Waals surface area contributed by atoms with Gasteiger partial charge in [0, 0.05) is 6.20 Å². The number of nitrogens with two attached hydrogens (primary N) is 1. The van der Waals surface area contributed by atoms with Crippen LogP contribution in [-0.2, 0) is 0 Å². The van der Waals surface area contributed by atoms with Crippen LogP contribution in [0.3, 0.4) is 0 Å². The van der Waals surface area contributed by atoms with E-state index >= 15 is 0 Å². The molecule has 0 unspecified atom stereocenters. The van der Waals surface area contributed by atoms with Crippen LogP contribution in [-0.4, -0.2) is 53.9 Å². The number of hydrogen-bond donors (Lipinski definition) is 3. The first kappa shape index (κ1) is 13.6. The van der Waals surface area contributed by atoms with E-state index in [2.05, 4.69) is 31.1 Å². The maximum atomic E-state index is 10.2. The highest BCUT2D eigenvalue weighted by molar-refractivity contribution is 5.22. The predicted octanol–water partition coefficient (Wildman–Crippen LogP) is -0.963. The van der Waals surface area contributed by atoms with Crippen molar-refractivity contribution in [2.45, 2.75) is 0 Å². The van der Waals surface area contributed by atoms with Gasteiger partial charge in [-0.05, 0) is 6.07 Å². The average Bonchev–Trinajstić information content (AvgIpc) is 2.01. The molecule has 86 valence electrons. The number of nitrogens with zero attached hydrogens (tertiary/aromatic N) is 2. The van der Waals surface area contributed by atoms with Gasteiger partial charge in [0.25, 0.3) is 0 Å². The zero-order valence-electron chi connectivity index (χ0n) is 9.40. The van der Waals surface area contributed by atoms with Crippen LogP contribution in [0.15, 0.2) is 17.1 Å². The summed E-state index contributed by atoms with van der Waals surface area (Å²) in [5.74, 6) is 0.338. The molecule has 1 aromatic rings. The monoisotopic (exact) mass is 215 g/mol. The van der Waals surface area contributed by atoms with E-state index in [9.17, 15) is 4.79 Å². The molecule has 1 heterocycles. The van der Waals surface area contributed by atoms with E-state index in [1.54, 1.807) is 0 Å². The van der Waals surface area contributed by atoms with Gasteiger partial charge in [0.05, 0.1) is 27.7 Å². The fraction of sp³-hybridized carbons (Fsp3) is 0.556.